The summed E-state index contributed by atoms with van der Waals surface area (Å²) in [5.74, 6) is 0.338. The van der Waals surface area contributed by atoms with Crippen molar-refractivity contribution in [3.05, 3.63) is 28.8 Å². The molecule has 1 aromatic carbocycles. The average Bonchev–Trinajstić information content (AvgIpc) is 2.32. The number of alkyl halides is 3. The van der Waals surface area contributed by atoms with Crippen molar-refractivity contribution in [2.75, 3.05) is 5.32 Å². The van der Waals surface area contributed by atoms with Crippen LogP contribution in [0.4, 0.5) is 18.9 Å². The van der Waals surface area contributed by atoms with E-state index in [1.54, 1.807) is 0 Å². The Labute approximate surface area is 128 Å². The quantitative estimate of drug-likeness (QED) is 0.706. The van der Waals surface area contributed by atoms with Crippen molar-refractivity contribution in [2.45, 2.75) is 52.3 Å². The zero-order valence-electron chi connectivity index (χ0n) is 12.5. The highest BCUT2D eigenvalue weighted by atomic mass is 35.5. The monoisotopic (exact) mass is 319 g/mol. The van der Waals surface area contributed by atoms with Gasteiger partial charge in [-0.3, -0.25) is 0 Å². The van der Waals surface area contributed by atoms with E-state index in [0.29, 0.717) is 5.92 Å². The van der Waals surface area contributed by atoms with Crippen LogP contribution in [0.1, 0.15) is 45.6 Å². The molecule has 0 amide bonds. The van der Waals surface area contributed by atoms with Crippen LogP contribution in [0.3, 0.4) is 0 Å². The van der Waals surface area contributed by atoms with Gasteiger partial charge in [0.2, 0.25) is 0 Å². The van der Waals surface area contributed by atoms with Gasteiger partial charge in [-0.05, 0) is 48.8 Å². The minimum absolute atomic E-state index is 0.0697. The molecule has 2 rings (SSSR count). The number of anilines is 1. The average molecular weight is 320 g/mol. The normalized spacial score (nSPS) is 25.7. The Morgan fingerprint density at radius 1 is 1.29 bits per heavy atom. The second-order valence-corrected chi connectivity index (χ2v) is 7.26. The van der Waals surface area contributed by atoms with E-state index in [9.17, 15) is 13.2 Å². The largest absolute Gasteiger partial charge is 0.418 e. The first-order chi connectivity index (χ1) is 9.58. The lowest BCUT2D eigenvalue weighted by Crippen LogP contribution is -2.37. The van der Waals surface area contributed by atoms with Crippen molar-refractivity contribution in [3.8, 4) is 0 Å². The molecule has 0 spiro atoms. The van der Waals surface area contributed by atoms with Crippen LogP contribution in [-0.4, -0.2) is 6.04 Å². The number of benzene rings is 1. The van der Waals surface area contributed by atoms with Gasteiger partial charge in [0.15, 0.2) is 0 Å². The Kier molecular flexibility index (Phi) is 4.48. The Bertz CT molecular complexity index is 511. The number of rotatable bonds is 2. The third-order valence-corrected chi connectivity index (χ3v) is 4.56. The first kappa shape index (κ1) is 16.5. The molecule has 0 bridgehead atoms. The molecule has 1 aromatic rings. The van der Waals surface area contributed by atoms with E-state index in [-0.39, 0.29) is 22.2 Å². The summed E-state index contributed by atoms with van der Waals surface area (Å²) in [7, 11) is 0. The molecule has 118 valence electrons. The molecule has 1 fully saturated rings. The second-order valence-electron chi connectivity index (χ2n) is 6.82. The van der Waals surface area contributed by atoms with Gasteiger partial charge in [-0.2, -0.15) is 13.2 Å². The smallest absolute Gasteiger partial charge is 0.382 e. The Morgan fingerprint density at radius 3 is 2.52 bits per heavy atom. The minimum atomic E-state index is -4.40. The van der Waals surface area contributed by atoms with Crippen molar-refractivity contribution in [3.63, 3.8) is 0 Å². The molecule has 21 heavy (non-hydrogen) atoms. The van der Waals surface area contributed by atoms with E-state index in [2.05, 4.69) is 26.1 Å². The number of nitrogens with one attached hydrogen (secondary N) is 1. The maximum Gasteiger partial charge on any atom is 0.418 e. The van der Waals surface area contributed by atoms with Crippen molar-refractivity contribution in [2.24, 2.45) is 11.3 Å². The molecular formula is C16H21ClF3N. The highest BCUT2D eigenvalue weighted by Crippen LogP contribution is 2.42. The molecule has 0 radical (unpaired) electrons. The van der Waals surface area contributed by atoms with Gasteiger partial charge in [0.25, 0.3) is 0 Å². The Hall–Kier alpha value is -0.900. The number of hydrogen-bond donors (Lipinski definition) is 1. The van der Waals surface area contributed by atoms with E-state index in [4.69, 9.17) is 11.6 Å². The van der Waals surface area contributed by atoms with E-state index >= 15 is 0 Å². The van der Waals surface area contributed by atoms with E-state index in [1.807, 2.05) is 0 Å². The third kappa shape index (κ3) is 4.06. The highest BCUT2D eigenvalue weighted by Gasteiger charge is 2.36. The molecule has 2 unspecified atom stereocenters. The highest BCUT2D eigenvalue weighted by molar-refractivity contribution is 6.30. The second kappa shape index (κ2) is 5.71. The summed E-state index contributed by atoms with van der Waals surface area (Å²) >= 11 is 5.70. The molecule has 1 N–H and O–H groups in total. The van der Waals surface area contributed by atoms with Crippen LogP contribution in [0.15, 0.2) is 18.2 Å². The van der Waals surface area contributed by atoms with Gasteiger partial charge in [0.05, 0.1) is 5.56 Å². The van der Waals surface area contributed by atoms with E-state index in [0.717, 1.165) is 25.3 Å². The molecule has 1 aliphatic rings. The van der Waals surface area contributed by atoms with Crippen LogP contribution in [0.25, 0.3) is 0 Å². The molecule has 1 aliphatic carbocycles. The lowest BCUT2D eigenvalue weighted by Gasteiger charge is -2.40. The molecule has 0 saturated heterocycles. The lowest BCUT2D eigenvalue weighted by molar-refractivity contribution is -0.137. The SMILES string of the molecule is CC1CC(C)(C)CCC1Nc1ccc(Cl)cc1C(F)(F)F. The summed E-state index contributed by atoms with van der Waals surface area (Å²) in [5.41, 5.74) is -0.291. The summed E-state index contributed by atoms with van der Waals surface area (Å²) in [5, 5.41) is 3.19. The van der Waals surface area contributed by atoms with Gasteiger partial charge in [-0.15, -0.1) is 0 Å². The van der Waals surface area contributed by atoms with Crippen molar-refractivity contribution >= 4 is 17.3 Å². The van der Waals surface area contributed by atoms with Gasteiger partial charge in [-0.25, -0.2) is 0 Å². The number of hydrogen-bond acceptors (Lipinski definition) is 1. The van der Waals surface area contributed by atoms with Crippen LogP contribution in [0.5, 0.6) is 0 Å². The fourth-order valence-corrected chi connectivity index (χ4v) is 3.41. The lowest BCUT2D eigenvalue weighted by atomic mass is 9.70. The van der Waals surface area contributed by atoms with Gasteiger partial charge >= 0.3 is 6.18 Å². The molecule has 0 heterocycles. The van der Waals surface area contributed by atoms with Crippen molar-refractivity contribution < 1.29 is 13.2 Å². The predicted molar refractivity (Wildman–Crippen MR) is 80.7 cm³/mol. The topological polar surface area (TPSA) is 12.0 Å². The fraction of sp³-hybridized carbons (Fsp3) is 0.625. The van der Waals surface area contributed by atoms with Crippen molar-refractivity contribution in [1.29, 1.82) is 0 Å². The summed E-state index contributed by atoms with van der Waals surface area (Å²) in [6.07, 6.45) is -1.48. The molecular weight excluding hydrogens is 299 g/mol. The molecule has 2 atom stereocenters. The van der Waals surface area contributed by atoms with E-state index in [1.165, 1.54) is 12.1 Å². The maximum absolute atomic E-state index is 13.1. The molecule has 5 heteroatoms. The summed E-state index contributed by atoms with van der Waals surface area (Å²) < 4.78 is 39.3. The van der Waals surface area contributed by atoms with Gasteiger partial charge in [0, 0.05) is 16.8 Å². The van der Waals surface area contributed by atoms with E-state index < -0.39 is 11.7 Å². The third-order valence-electron chi connectivity index (χ3n) is 4.32. The zero-order chi connectivity index (χ0) is 15.8. The number of halogens is 4. The Morgan fingerprint density at radius 2 is 1.95 bits per heavy atom. The fourth-order valence-electron chi connectivity index (χ4n) is 3.24. The van der Waals surface area contributed by atoms with Crippen LogP contribution in [0.2, 0.25) is 5.02 Å². The molecule has 0 aliphatic heterocycles. The minimum Gasteiger partial charge on any atom is -0.382 e. The first-order valence-corrected chi connectivity index (χ1v) is 7.59. The Balaban J connectivity index is 2.21. The standard InChI is InChI=1S/C16H21ClF3N/c1-10-9-15(2,3)7-6-13(10)21-14-5-4-11(17)8-12(14)16(18,19)20/h4-5,8,10,13,21H,6-7,9H2,1-3H3. The molecule has 0 aromatic heterocycles. The first-order valence-electron chi connectivity index (χ1n) is 7.22. The van der Waals surface area contributed by atoms with Crippen molar-refractivity contribution in [1.82, 2.24) is 0 Å². The zero-order valence-corrected chi connectivity index (χ0v) is 13.3. The van der Waals surface area contributed by atoms with Gasteiger partial charge < -0.3 is 5.32 Å². The maximum atomic E-state index is 13.1. The van der Waals surface area contributed by atoms with Crippen LogP contribution in [0, 0.1) is 11.3 Å². The predicted octanol–water partition coefficient (Wildman–Crippen LogP) is 5.99. The summed E-state index contributed by atoms with van der Waals surface area (Å²) in [4.78, 5) is 0. The summed E-state index contributed by atoms with van der Waals surface area (Å²) in [6, 6.07) is 3.98. The van der Waals surface area contributed by atoms with Crippen LogP contribution >= 0.6 is 11.6 Å². The summed E-state index contributed by atoms with van der Waals surface area (Å²) in [6.45, 7) is 6.52. The molecule has 1 nitrogen and oxygen atoms in total. The van der Waals surface area contributed by atoms with Gasteiger partial charge in [0.1, 0.15) is 0 Å². The van der Waals surface area contributed by atoms with Crippen LogP contribution in [-0.2, 0) is 6.18 Å². The molecule has 1 saturated carbocycles. The van der Waals surface area contributed by atoms with Gasteiger partial charge in [-0.1, -0.05) is 32.4 Å². The van der Waals surface area contributed by atoms with Crippen LogP contribution < -0.4 is 5.32 Å².